The van der Waals surface area contributed by atoms with Crippen molar-refractivity contribution in [1.29, 1.82) is 0 Å². The average molecular weight is 451 g/mol. The highest BCUT2D eigenvalue weighted by atomic mass is 14.4. The Labute approximate surface area is 207 Å². The van der Waals surface area contributed by atoms with Crippen molar-refractivity contribution in [2.75, 3.05) is 0 Å². The zero-order valence-corrected chi connectivity index (χ0v) is 21.2. The SMILES string of the molecule is CC(C)(C)c1ccc2c(c1)C(C)(C)c1c-2c2ccccc2c2c3ccccc3c3ccccc3c12. The molecule has 0 saturated heterocycles. The van der Waals surface area contributed by atoms with E-state index in [1.807, 2.05) is 0 Å². The van der Waals surface area contributed by atoms with Crippen LogP contribution in [0.4, 0.5) is 0 Å². The van der Waals surface area contributed by atoms with Crippen molar-refractivity contribution in [3.8, 4) is 11.1 Å². The second kappa shape index (κ2) is 6.73. The van der Waals surface area contributed by atoms with Crippen molar-refractivity contribution >= 4 is 43.1 Å². The highest BCUT2D eigenvalue weighted by Crippen LogP contribution is 2.57. The van der Waals surface area contributed by atoms with Crippen LogP contribution >= 0.6 is 0 Å². The summed E-state index contributed by atoms with van der Waals surface area (Å²) in [4.78, 5) is 0. The number of rotatable bonds is 0. The molecule has 0 unspecified atom stereocenters. The van der Waals surface area contributed by atoms with E-state index in [1.54, 1.807) is 0 Å². The quantitative estimate of drug-likeness (QED) is 0.202. The van der Waals surface area contributed by atoms with Gasteiger partial charge in [-0.3, -0.25) is 0 Å². The lowest BCUT2D eigenvalue weighted by Crippen LogP contribution is -2.18. The standard InChI is InChI=1S/C35H30/c1-34(2,3)21-18-19-28-29(20-21)35(4,5)33-31(28)27-17-11-10-16-26(27)30-24-14-8-6-12-22(24)23-13-7-9-15-25(23)32(30)33/h6-20H,1-5H3. The highest BCUT2D eigenvalue weighted by molar-refractivity contribution is 6.35. The third-order valence-corrected chi connectivity index (χ3v) is 8.35. The van der Waals surface area contributed by atoms with Crippen LogP contribution in [0, 0.1) is 0 Å². The predicted molar refractivity (Wildman–Crippen MR) is 153 cm³/mol. The van der Waals surface area contributed by atoms with Crippen LogP contribution in [0.15, 0.2) is 91.0 Å². The van der Waals surface area contributed by atoms with Gasteiger partial charge in [0.1, 0.15) is 0 Å². The van der Waals surface area contributed by atoms with Gasteiger partial charge in [0.05, 0.1) is 0 Å². The number of hydrogen-bond acceptors (Lipinski definition) is 0. The van der Waals surface area contributed by atoms with Crippen molar-refractivity contribution in [3.63, 3.8) is 0 Å². The zero-order chi connectivity index (χ0) is 24.1. The Morgan fingerprint density at radius 3 is 1.60 bits per heavy atom. The molecular weight excluding hydrogens is 420 g/mol. The van der Waals surface area contributed by atoms with Gasteiger partial charge in [0.2, 0.25) is 0 Å². The fraction of sp³-hybridized carbons (Fsp3) is 0.200. The molecule has 1 aliphatic rings. The summed E-state index contributed by atoms with van der Waals surface area (Å²) in [6, 6.07) is 34.3. The molecule has 0 aliphatic heterocycles. The first-order valence-electron chi connectivity index (χ1n) is 12.7. The Balaban J connectivity index is 1.80. The highest BCUT2D eigenvalue weighted by Gasteiger charge is 2.39. The van der Waals surface area contributed by atoms with Gasteiger partial charge in [-0.1, -0.05) is 126 Å². The van der Waals surface area contributed by atoms with E-state index >= 15 is 0 Å². The Morgan fingerprint density at radius 1 is 0.543 bits per heavy atom. The van der Waals surface area contributed by atoms with Gasteiger partial charge in [-0.2, -0.15) is 0 Å². The van der Waals surface area contributed by atoms with E-state index in [0.717, 1.165) is 0 Å². The smallest absolute Gasteiger partial charge is 0.0165 e. The molecule has 0 atom stereocenters. The molecule has 0 spiro atoms. The zero-order valence-electron chi connectivity index (χ0n) is 21.2. The number of fused-ring (bicyclic) bond motifs is 13. The van der Waals surface area contributed by atoms with Crippen molar-refractivity contribution in [3.05, 3.63) is 108 Å². The van der Waals surface area contributed by atoms with Gasteiger partial charge in [0.25, 0.3) is 0 Å². The molecule has 0 amide bonds. The first kappa shape index (κ1) is 20.7. The summed E-state index contributed by atoms with van der Waals surface area (Å²) in [7, 11) is 0. The van der Waals surface area contributed by atoms with Crippen LogP contribution < -0.4 is 0 Å². The van der Waals surface area contributed by atoms with Crippen LogP contribution in [0.5, 0.6) is 0 Å². The third kappa shape index (κ3) is 2.63. The Hall–Kier alpha value is -3.64. The van der Waals surface area contributed by atoms with Crippen molar-refractivity contribution in [2.45, 2.75) is 45.4 Å². The number of hydrogen-bond donors (Lipinski definition) is 0. The van der Waals surface area contributed by atoms with Crippen LogP contribution in [0.3, 0.4) is 0 Å². The van der Waals surface area contributed by atoms with E-state index in [2.05, 4.69) is 126 Å². The van der Waals surface area contributed by atoms with Crippen molar-refractivity contribution in [1.82, 2.24) is 0 Å². The molecule has 0 nitrogen and oxygen atoms in total. The molecule has 0 N–H and O–H groups in total. The summed E-state index contributed by atoms with van der Waals surface area (Å²) in [5, 5.41) is 10.9. The second-order valence-electron chi connectivity index (χ2n) is 11.8. The molecule has 0 fully saturated rings. The molecule has 7 rings (SSSR count). The van der Waals surface area contributed by atoms with Gasteiger partial charge >= 0.3 is 0 Å². The van der Waals surface area contributed by atoms with Gasteiger partial charge in [-0.25, -0.2) is 0 Å². The fourth-order valence-corrected chi connectivity index (χ4v) is 6.64. The van der Waals surface area contributed by atoms with Crippen LogP contribution in [-0.4, -0.2) is 0 Å². The molecule has 0 saturated carbocycles. The lowest BCUT2D eigenvalue weighted by atomic mass is 9.76. The van der Waals surface area contributed by atoms with E-state index < -0.39 is 0 Å². The molecule has 1 aliphatic carbocycles. The minimum absolute atomic E-state index is 0.0978. The average Bonchev–Trinajstić information content (AvgIpc) is 3.10. The maximum Gasteiger partial charge on any atom is 0.0165 e. The van der Waals surface area contributed by atoms with Crippen molar-refractivity contribution < 1.29 is 0 Å². The largest absolute Gasteiger partial charge is 0.0616 e. The summed E-state index contributed by atoms with van der Waals surface area (Å²) < 4.78 is 0. The Kier molecular flexibility index (Phi) is 3.98. The van der Waals surface area contributed by atoms with E-state index in [1.165, 1.54) is 70.9 Å². The number of benzene rings is 6. The second-order valence-corrected chi connectivity index (χ2v) is 11.8. The monoisotopic (exact) mass is 450 g/mol. The molecule has 0 bridgehead atoms. The summed E-state index contributed by atoms with van der Waals surface area (Å²) in [5.74, 6) is 0. The minimum Gasteiger partial charge on any atom is -0.0616 e. The molecule has 0 aromatic heterocycles. The fourth-order valence-electron chi connectivity index (χ4n) is 6.64. The van der Waals surface area contributed by atoms with Gasteiger partial charge in [0.15, 0.2) is 0 Å². The summed E-state index contributed by atoms with van der Waals surface area (Å²) >= 11 is 0. The Morgan fingerprint density at radius 2 is 1.03 bits per heavy atom. The Bertz CT molecular complexity index is 1840. The van der Waals surface area contributed by atoms with Crippen LogP contribution in [-0.2, 0) is 10.8 Å². The van der Waals surface area contributed by atoms with E-state index in [0.29, 0.717) is 0 Å². The normalized spacial score (nSPS) is 14.7. The van der Waals surface area contributed by atoms with Gasteiger partial charge in [-0.15, -0.1) is 0 Å². The van der Waals surface area contributed by atoms with Gasteiger partial charge in [0, 0.05) is 5.41 Å². The predicted octanol–water partition coefficient (Wildman–Crippen LogP) is 9.90. The van der Waals surface area contributed by atoms with E-state index in [9.17, 15) is 0 Å². The summed E-state index contributed by atoms with van der Waals surface area (Å²) in [6.07, 6.45) is 0. The molecule has 35 heavy (non-hydrogen) atoms. The molecule has 6 aromatic carbocycles. The first-order chi connectivity index (χ1) is 16.8. The van der Waals surface area contributed by atoms with Gasteiger partial charge < -0.3 is 0 Å². The first-order valence-corrected chi connectivity index (χ1v) is 12.7. The van der Waals surface area contributed by atoms with E-state index in [4.69, 9.17) is 0 Å². The van der Waals surface area contributed by atoms with Gasteiger partial charge in [-0.05, 0) is 76.3 Å². The van der Waals surface area contributed by atoms with E-state index in [-0.39, 0.29) is 10.8 Å². The lowest BCUT2D eigenvalue weighted by molar-refractivity contribution is 0.585. The molecule has 0 radical (unpaired) electrons. The van der Waals surface area contributed by atoms with Crippen LogP contribution in [0.25, 0.3) is 54.2 Å². The molecule has 0 heteroatoms. The van der Waals surface area contributed by atoms with Crippen LogP contribution in [0.1, 0.15) is 51.3 Å². The topological polar surface area (TPSA) is 0 Å². The van der Waals surface area contributed by atoms with Crippen molar-refractivity contribution in [2.24, 2.45) is 0 Å². The molecule has 170 valence electrons. The van der Waals surface area contributed by atoms with Crippen LogP contribution in [0.2, 0.25) is 0 Å². The molecule has 0 heterocycles. The summed E-state index contributed by atoms with van der Waals surface area (Å²) in [5.41, 5.74) is 7.18. The lowest BCUT2D eigenvalue weighted by Gasteiger charge is -2.27. The maximum absolute atomic E-state index is 2.49. The molecule has 6 aromatic rings. The maximum atomic E-state index is 2.49. The molecular formula is C35H30. The minimum atomic E-state index is -0.0978. The third-order valence-electron chi connectivity index (χ3n) is 8.35. The summed E-state index contributed by atoms with van der Waals surface area (Å²) in [6.45, 7) is 11.8.